The zero-order valence-electron chi connectivity index (χ0n) is 11.7. The van der Waals surface area contributed by atoms with Crippen molar-refractivity contribution < 1.29 is 8.42 Å². The maximum absolute atomic E-state index is 11.4. The van der Waals surface area contributed by atoms with Crippen molar-refractivity contribution in [1.29, 1.82) is 0 Å². The quantitative estimate of drug-likeness (QED) is 0.645. The molecule has 1 fully saturated rings. The van der Waals surface area contributed by atoms with Gasteiger partial charge in [0.1, 0.15) is 0 Å². The lowest BCUT2D eigenvalue weighted by molar-refractivity contribution is 0.293. The van der Waals surface area contributed by atoms with Crippen LogP contribution in [0.1, 0.15) is 12.8 Å². The van der Waals surface area contributed by atoms with Gasteiger partial charge in [-0.3, -0.25) is 0 Å². The van der Waals surface area contributed by atoms with E-state index in [-0.39, 0.29) is 0 Å². The number of nitrogens with zero attached hydrogens (tertiary/aromatic N) is 2. The summed E-state index contributed by atoms with van der Waals surface area (Å²) in [7, 11) is 1.39. The van der Waals surface area contributed by atoms with E-state index in [1.54, 1.807) is 0 Å². The number of sulfone groups is 1. The summed E-state index contributed by atoms with van der Waals surface area (Å²) in [5.41, 5.74) is 0. The fourth-order valence-corrected chi connectivity index (χ4v) is 3.41. The van der Waals surface area contributed by atoms with Gasteiger partial charge in [-0.15, -0.1) is 0 Å². The first-order chi connectivity index (χ1) is 8.49. The molecule has 1 saturated heterocycles. The maximum Gasteiger partial charge on any atom is 0.151 e. The number of nitrogens with one attached hydrogen (secondary N) is 1. The molecule has 1 N–H and O–H groups in total. The van der Waals surface area contributed by atoms with E-state index in [9.17, 15) is 8.42 Å². The molecule has 0 atom stereocenters. The lowest BCUT2D eigenvalue weighted by atomic mass is 10.3. The third-order valence-electron chi connectivity index (χ3n) is 3.21. The van der Waals surface area contributed by atoms with E-state index in [0.717, 1.165) is 45.6 Å². The lowest BCUT2D eigenvalue weighted by Gasteiger charge is -2.19. The van der Waals surface area contributed by atoms with Crippen LogP contribution in [0.4, 0.5) is 0 Å². The Hall–Kier alpha value is -0.170. The summed E-state index contributed by atoms with van der Waals surface area (Å²) in [6.07, 6.45) is 1.93. The highest BCUT2D eigenvalue weighted by Gasteiger charge is 2.18. The Balaban J connectivity index is 2.05. The molecule has 0 amide bonds. The molecule has 1 heterocycles. The first-order valence-electron chi connectivity index (χ1n) is 6.78. The molecule has 0 aromatic rings. The second-order valence-electron chi connectivity index (χ2n) is 5.25. The summed E-state index contributed by atoms with van der Waals surface area (Å²) in [5, 5.41) is 3.41. The third kappa shape index (κ3) is 7.31. The molecule has 1 rings (SSSR count). The van der Waals surface area contributed by atoms with Crippen LogP contribution in [-0.2, 0) is 9.84 Å². The highest BCUT2D eigenvalue weighted by Crippen LogP contribution is 2.03. The highest BCUT2D eigenvalue weighted by atomic mass is 32.2. The van der Waals surface area contributed by atoms with Crippen LogP contribution in [0.2, 0.25) is 0 Å². The standard InChI is InChI=1S/C12H27N3O2S/c1-14(2)7-3-5-13-6-9-15-8-4-11-18(16,17)12-10-15/h13H,3-12H2,1-2H3. The Morgan fingerprint density at radius 3 is 2.67 bits per heavy atom. The molecule has 108 valence electrons. The topological polar surface area (TPSA) is 52.6 Å². The molecule has 1 aliphatic heterocycles. The van der Waals surface area contributed by atoms with E-state index in [1.807, 2.05) is 0 Å². The van der Waals surface area contributed by atoms with Gasteiger partial charge < -0.3 is 15.1 Å². The summed E-state index contributed by atoms with van der Waals surface area (Å²) in [6, 6.07) is 0. The van der Waals surface area contributed by atoms with E-state index in [1.165, 1.54) is 0 Å². The molecule has 5 nitrogen and oxygen atoms in total. The fourth-order valence-electron chi connectivity index (χ4n) is 2.10. The summed E-state index contributed by atoms with van der Waals surface area (Å²) < 4.78 is 22.9. The van der Waals surface area contributed by atoms with Crippen LogP contribution < -0.4 is 5.32 Å². The minimum Gasteiger partial charge on any atom is -0.315 e. The summed E-state index contributed by atoms with van der Waals surface area (Å²) in [6.45, 7) is 5.66. The SMILES string of the molecule is CN(C)CCCNCCN1CCCS(=O)(=O)CC1. The molecule has 1 aliphatic rings. The molecule has 0 aliphatic carbocycles. The second-order valence-corrected chi connectivity index (χ2v) is 7.56. The van der Waals surface area contributed by atoms with Crippen molar-refractivity contribution in [3.63, 3.8) is 0 Å². The summed E-state index contributed by atoms with van der Waals surface area (Å²) >= 11 is 0. The Labute approximate surface area is 111 Å². The molecule has 0 aromatic carbocycles. The highest BCUT2D eigenvalue weighted by molar-refractivity contribution is 7.91. The van der Waals surface area contributed by atoms with Crippen molar-refractivity contribution in [2.24, 2.45) is 0 Å². The molecule has 0 spiro atoms. The summed E-state index contributed by atoms with van der Waals surface area (Å²) in [5.74, 6) is 0.688. The molecule has 0 aromatic heterocycles. The molecule has 0 radical (unpaired) electrons. The fraction of sp³-hybridized carbons (Fsp3) is 1.00. The zero-order chi connectivity index (χ0) is 13.4. The first kappa shape index (κ1) is 15.9. The van der Waals surface area contributed by atoms with E-state index in [2.05, 4.69) is 29.2 Å². The Kier molecular flexibility index (Phi) is 7.14. The predicted octanol–water partition coefficient (Wildman–Crippen LogP) is -0.352. The van der Waals surface area contributed by atoms with Gasteiger partial charge in [0.05, 0.1) is 11.5 Å². The van der Waals surface area contributed by atoms with Crippen LogP contribution >= 0.6 is 0 Å². The molecular formula is C12H27N3O2S. The van der Waals surface area contributed by atoms with Crippen LogP contribution in [0.5, 0.6) is 0 Å². The average molecular weight is 277 g/mol. The molecule has 18 heavy (non-hydrogen) atoms. The Morgan fingerprint density at radius 1 is 1.17 bits per heavy atom. The Morgan fingerprint density at radius 2 is 1.94 bits per heavy atom. The average Bonchev–Trinajstić information content (AvgIpc) is 2.45. The van der Waals surface area contributed by atoms with Crippen molar-refractivity contribution in [2.75, 3.05) is 64.9 Å². The molecule has 0 bridgehead atoms. The van der Waals surface area contributed by atoms with E-state index in [0.29, 0.717) is 18.1 Å². The van der Waals surface area contributed by atoms with E-state index in [4.69, 9.17) is 0 Å². The van der Waals surface area contributed by atoms with Crippen molar-refractivity contribution in [2.45, 2.75) is 12.8 Å². The maximum atomic E-state index is 11.4. The molecule has 6 heteroatoms. The molecule has 0 unspecified atom stereocenters. The Bertz CT molecular complexity index is 317. The number of rotatable bonds is 7. The lowest BCUT2D eigenvalue weighted by Crippen LogP contribution is -2.34. The van der Waals surface area contributed by atoms with Gasteiger partial charge in [-0.25, -0.2) is 8.42 Å². The van der Waals surface area contributed by atoms with Crippen LogP contribution in [0.3, 0.4) is 0 Å². The van der Waals surface area contributed by atoms with Gasteiger partial charge in [0.2, 0.25) is 0 Å². The van der Waals surface area contributed by atoms with Gasteiger partial charge in [-0.05, 0) is 46.6 Å². The van der Waals surface area contributed by atoms with Gasteiger partial charge in [-0.1, -0.05) is 0 Å². The minimum atomic E-state index is -2.77. The van der Waals surface area contributed by atoms with Crippen LogP contribution in [-0.4, -0.2) is 83.1 Å². The van der Waals surface area contributed by atoms with Crippen molar-refractivity contribution in [1.82, 2.24) is 15.1 Å². The van der Waals surface area contributed by atoms with Crippen molar-refractivity contribution in [3.05, 3.63) is 0 Å². The normalized spacial score (nSPS) is 21.1. The van der Waals surface area contributed by atoms with E-state index >= 15 is 0 Å². The smallest absolute Gasteiger partial charge is 0.151 e. The minimum absolute atomic E-state index is 0.327. The van der Waals surface area contributed by atoms with Crippen LogP contribution in [0, 0.1) is 0 Å². The van der Waals surface area contributed by atoms with Crippen LogP contribution in [0.25, 0.3) is 0 Å². The number of hydrogen-bond donors (Lipinski definition) is 1. The first-order valence-corrected chi connectivity index (χ1v) is 8.60. The molecule has 0 saturated carbocycles. The van der Waals surface area contributed by atoms with Gasteiger partial charge in [0.25, 0.3) is 0 Å². The van der Waals surface area contributed by atoms with Crippen LogP contribution in [0.15, 0.2) is 0 Å². The van der Waals surface area contributed by atoms with E-state index < -0.39 is 9.84 Å². The van der Waals surface area contributed by atoms with Gasteiger partial charge in [0, 0.05) is 19.6 Å². The predicted molar refractivity (Wildman–Crippen MR) is 75.8 cm³/mol. The van der Waals surface area contributed by atoms with Crippen molar-refractivity contribution >= 4 is 9.84 Å². The van der Waals surface area contributed by atoms with Crippen molar-refractivity contribution in [3.8, 4) is 0 Å². The second kappa shape index (κ2) is 8.09. The van der Waals surface area contributed by atoms with Gasteiger partial charge in [-0.2, -0.15) is 0 Å². The molecular weight excluding hydrogens is 250 g/mol. The number of hydrogen-bond acceptors (Lipinski definition) is 5. The van der Waals surface area contributed by atoms with Gasteiger partial charge >= 0.3 is 0 Å². The zero-order valence-corrected chi connectivity index (χ0v) is 12.5. The third-order valence-corrected chi connectivity index (χ3v) is 4.93. The summed E-state index contributed by atoms with van der Waals surface area (Å²) in [4.78, 5) is 4.44. The largest absolute Gasteiger partial charge is 0.315 e. The van der Waals surface area contributed by atoms with Gasteiger partial charge in [0.15, 0.2) is 9.84 Å². The monoisotopic (exact) mass is 277 g/mol.